The summed E-state index contributed by atoms with van der Waals surface area (Å²) in [6, 6.07) is 21.7. The van der Waals surface area contributed by atoms with Gasteiger partial charge in [-0.1, -0.05) is 54.6 Å². The van der Waals surface area contributed by atoms with Gasteiger partial charge in [-0.25, -0.2) is 8.42 Å². The van der Waals surface area contributed by atoms with Crippen molar-refractivity contribution in [3.8, 4) is 5.75 Å². The second-order valence-corrected chi connectivity index (χ2v) is 8.70. The van der Waals surface area contributed by atoms with E-state index >= 15 is 0 Å². The standard InChI is InChI=1S/C23H21NO3S/c1-16-7-5-12-21-22(20-11-4-3-9-18(20)15-27-23(16)21)14-17-8-6-10-19(13-17)24-28(2,25)26/h3-14,24H,15H2,1-2H3/b22-14+. The first kappa shape index (κ1) is 18.3. The van der Waals surface area contributed by atoms with Gasteiger partial charge in [0.15, 0.2) is 0 Å². The molecule has 0 aliphatic carbocycles. The molecule has 1 heterocycles. The van der Waals surface area contributed by atoms with E-state index in [4.69, 9.17) is 4.74 Å². The van der Waals surface area contributed by atoms with Gasteiger partial charge >= 0.3 is 0 Å². The number of rotatable bonds is 3. The van der Waals surface area contributed by atoms with Gasteiger partial charge in [0, 0.05) is 11.3 Å². The van der Waals surface area contributed by atoms with Crippen molar-refractivity contribution in [1.29, 1.82) is 0 Å². The summed E-state index contributed by atoms with van der Waals surface area (Å²) in [5, 5.41) is 0. The number of hydrogen-bond donors (Lipinski definition) is 1. The Morgan fingerprint density at radius 2 is 1.71 bits per heavy atom. The molecule has 4 nitrogen and oxygen atoms in total. The van der Waals surface area contributed by atoms with Gasteiger partial charge in [0.05, 0.1) is 6.26 Å². The van der Waals surface area contributed by atoms with Crippen molar-refractivity contribution in [3.63, 3.8) is 0 Å². The highest BCUT2D eigenvalue weighted by atomic mass is 32.2. The van der Waals surface area contributed by atoms with Gasteiger partial charge in [-0.05, 0) is 53.0 Å². The van der Waals surface area contributed by atoms with Crippen LogP contribution < -0.4 is 9.46 Å². The number of hydrogen-bond acceptors (Lipinski definition) is 3. The molecule has 0 amide bonds. The van der Waals surface area contributed by atoms with Crippen molar-refractivity contribution in [2.75, 3.05) is 11.0 Å². The van der Waals surface area contributed by atoms with E-state index in [1.807, 2.05) is 49.4 Å². The van der Waals surface area contributed by atoms with Crippen LogP contribution in [0, 0.1) is 6.92 Å². The van der Waals surface area contributed by atoms with Gasteiger partial charge in [-0.2, -0.15) is 0 Å². The predicted octanol–water partition coefficient (Wildman–Crippen LogP) is 4.85. The van der Waals surface area contributed by atoms with Crippen molar-refractivity contribution in [2.45, 2.75) is 13.5 Å². The lowest BCUT2D eigenvalue weighted by Crippen LogP contribution is -2.09. The third-order valence-electron chi connectivity index (χ3n) is 4.68. The maximum Gasteiger partial charge on any atom is 0.229 e. The van der Waals surface area contributed by atoms with Gasteiger partial charge in [0.1, 0.15) is 12.4 Å². The van der Waals surface area contributed by atoms with Gasteiger partial charge in [0.25, 0.3) is 0 Å². The molecule has 1 N–H and O–H groups in total. The fourth-order valence-corrected chi connectivity index (χ4v) is 4.04. The number of fused-ring (bicyclic) bond motifs is 2. The molecule has 1 aliphatic heterocycles. The first-order valence-electron chi connectivity index (χ1n) is 9.01. The van der Waals surface area contributed by atoms with E-state index in [2.05, 4.69) is 29.0 Å². The molecule has 0 saturated carbocycles. The molecule has 0 bridgehead atoms. The molecule has 28 heavy (non-hydrogen) atoms. The second-order valence-electron chi connectivity index (χ2n) is 6.96. The largest absolute Gasteiger partial charge is 0.488 e. The first-order chi connectivity index (χ1) is 13.4. The number of benzene rings is 3. The zero-order chi connectivity index (χ0) is 19.7. The Balaban J connectivity index is 1.89. The quantitative estimate of drug-likeness (QED) is 0.694. The van der Waals surface area contributed by atoms with Crippen LogP contribution in [0.15, 0.2) is 66.7 Å². The summed E-state index contributed by atoms with van der Waals surface area (Å²) in [5.41, 5.74) is 6.87. The van der Waals surface area contributed by atoms with E-state index in [1.165, 1.54) is 0 Å². The minimum atomic E-state index is -3.33. The second kappa shape index (κ2) is 7.17. The summed E-state index contributed by atoms with van der Waals surface area (Å²) in [4.78, 5) is 0. The Morgan fingerprint density at radius 3 is 2.54 bits per heavy atom. The van der Waals surface area contributed by atoms with Gasteiger partial charge in [-0.15, -0.1) is 0 Å². The Morgan fingerprint density at radius 1 is 0.964 bits per heavy atom. The SMILES string of the molecule is Cc1cccc2c1OCc1ccccc1/C2=C\c1cccc(NS(C)(=O)=O)c1. The highest BCUT2D eigenvalue weighted by molar-refractivity contribution is 7.92. The maximum atomic E-state index is 11.6. The molecule has 0 radical (unpaired) electrons. The maximum absolute atomic E-state index is 11.6. The number of sulfonamides is 1. The van der Waals surface area contributed by atoms with Crippen LogP contribution in [0.5, 0.6) is 5.75 Å². The van der Waals surface area contributed by atoms with Gasteiger partial charge in [-0.3, -0.25) is 4.72 Å². The molecule has 5 heteroatoms. The fraction of sp³-hybridized carbons (Fsp3) is 0.130. The summed E-state index contributed by atoms with van der Waals surface area (Å²) < 4.78 is 31.8. The van der Waals surface area contributed by atoms with Crippen molar-refractivity contribution >= 4 is 27.4 Å². The normalized spacial score (nSPS) is 14.6. The molecule has 0 spiro atoms. The van der Waals surface area contributed by atoms with E-state index < -0.39 is 10.0 Å². The third kappa shape index (κ3) is 3.80. The number of anilines is 1. The predicted molar refractivity (Wildman–Crippen MR) is 114 cm³/mol. The van der Waals surface area contributed by atoms with Crippen LogP contribution in [-0.2, 0) is 16.6 Å². The van der Waals surface area contributed by atoms with E-state index in [0.717, 1.165) is 45.4 Å². The van der Waals surface area contributed by atoms with Crippen molar-refractivity contribution in [3.05, 3.63) is 94.5 Å². The van der Waals surface area contributed by atoms with E-state index in [9.17, 15) is 8.42 Å². The number of para-hydroxylation sites is 1. The zero-order valence-electron chi connectivity index (χ0n) is 15.8. The molecule has 1 aliphatic rings. The third-order valence-corrected chi connectivity index (χ3v) is 5.29. The highest BCUT2D eigenvalue weighted by Gasteiger charge is 2.20. The fourth-order valence-electron chi connectivity index (χ4n) is 3.49. The van der Waals surface area contributed by atoms with Crippen molar-refractivity contribution < 1.29 is 13.2 Å². The molecule has 3 aromatic rings. The number of ether oxygens (including phenoxy) is 1. The molecule has 4 rings (SSSR count). The van der Waals surface area contributed by atoms with Crippen LogP contribution in [0.4, 0.5) is 5.69 Å². The van der Waals surface area contributed by atoms with Gasteiger partial charge < -0.3 is 4.74 Å². The first-order valence-corrected chi connectivity index (χ1v) is 10.9. The molecule has 0 saturated heterocycles. The topological polar surface area (TPSA) is 55.4 Å². The molecular weight excluding hydrogens is 370 g/mol. The summed E-state index contributed by atoms with van der Waals surface area (Å²) in [6.07, 6.45) is 3.23. The average Bonchev–Trinajstić information content (AvgIpc) is 2.79. The minimum Gasteiger partial charge on any atom is -0.488 e. The van der Waals surface area contributed by atoms with Crippen LogP contribution in [0.1, 0.15) is 27.8 Å². The Hall–Kier alpha value is -3.05. The number of aryl methyl sites for hydroxylation is 1. The zero-order valence-corrected chi connectivity index (χ0v) is 16.6. The molecule has 3 aromatic carbocycles. The Kier molecular flexibility index (Phi) is 4.69. The Labute approximate surface area is 165 Å². The minimum absolute atomic E-state index is 0.515. The summed E-state index contributed by atoms with van der Waals surface area (Å²) in [7, 11) is -3.33. The van der Waals surface area contributed by atoms with E-state index in [0.29, 0.717) is 12.3 Å². The average molecular weight is 391 g/mol. The smallest absolute Gasteiger partial charge is 0.229 e. The lowest BCUT2D eigenvalue weighted by Gasteiger charge is -2.13. The van der Waals surface area contributed by atoms with Crippen molar-refractivity contribution in [2.24, 2.45) is 0 Å². The monoisotopic (exact) mass is 391 g/mol. The molecule has 0 aromatic heterocycles. The van der Waals surface area contributed by atoms with E-state index in [-0.39, 0.29) is 0 Å². The van der Waals surface area contributed by atoms with Crippen LogP contribution in [0.2, 0.25) is 0 Å². The van der Waals surface area contributed by atoms with E-state index in [1.54, 1.807) is 6.07 Å². The van der Waals surface area contributed by atoms with Crippen molar-refractivity contribution in [1.82, 2.24) is 0 Å². The summed E-state index contributed by atoms with van der Waals surface area (Å²) >= 11 is 0. The number of nitrogens with one attached hydrogen (secondary N) is 1. The van der Waals surface area contributed by atoms with Gasteiger partial charge in [0.2, 0.25) is 10.0 Å². The van der Waals surface area contributed by atoms with Crippen LogP contribution in [0.25, 0.3) is 11.6 Å². The molecule has 0 unspecified atom stereocenters. The Bertz CT molecular complexity index is 1180. The van der Waals surface area contributed by atoms with Crippen LogP contribution in [0.3, 0.4) is 0 Å². The molecular formula is C23H21NO3S. The molecule has 142 valence electrons. The lowest BCUT2D eigenvalue weighted by atomic mass is 9.92. The molecule has 0 fully saturated rings. The van der Waals surface area contributed by atoms with Crippen LogP contribution in [-0.4, -0.2) is 14.7 Å². The highest BCUT2D eigenvalue weighted by Crippen LogP contribution is 2.39. The molecule has 0 atom stereocenters. The van der Waals surface area contributed by atoms with Crippen LogP contribution >= 0.6 is 0 Å². The summed E-state index contributed by atoms with van der Waals surface area (Å²) in [6.45, 7) is 2.56. The summed E-state index contributed by atoms with van der Waals surface area (Å²) in [5.74, 6) is 0.885. The lowest BCUT2D eigenvalue weighted by molar-refractivity contribution is 0.305.